The second kappa shape index (κ2) is 7.73. The van der Waals surface area contributed by atoms with Gasteiger partial charge in [-0.1, -0.05) is 30.6 Å². The first-order valence-electron chi connectivity index (χ1n) is 9.13. The molecular formula is C18H22ClN5O3S. The van der Waals surface area contributed by atoms with E-state index in [1.165, 1.54) is 0 Å². The van der Waals surface area contributed by atoms with Crippen molar-refractivity contribution >= 4 is 32.2 Å². The maximum absolute atomic E-state index is 11.9. The quantitative estimate of drug-likeness (QED) is 0.280. The third-order valence-electron chi connectivity index (χ3n) is 5.48. The fourth-order valence-corrected chi connectivity index (χ4v) is 4.97. The van der Waals surface area contributed by atoms with Crippen LogP contribution in [0.3, 0.4) is 0 Å². The Morgan fingerprint density at radius 2 is 2.04 bits per heavy atom. The normalized spacial score (nSPS) is 21.4. The molecular weight excluding hydrogens is 402 g/mol. The van der Waals surface area contributed by atoms with Crippen molar-refractivity contribution in [2.45, 2.75) is 56.9 Å². The fourth-order valence-electron chi connectivity index (χ4n) is 3.32. The Hall–Kier alpha value is -2.09. The van der Waals surface area contributed by atoms with Crippen molar-refractivity contribution in [2.24, 2.45) is 5.11 Å². The highest BCUT2D eigenvalue weighted by atomic mass is 35.5. The topological polar surface area (TPSA) is 118 Å². The lowest BCUT2D eigenvalue weighted by molar-refractivity contribution is 0.119. The molecule has 0 radical (unpaired) electrons. The lowest BCUT2D eigenvalue weighted by Gasteiger charge is -2.34. The van der Waals surface area contributed by atoms with E-state index in [4.69, 9.17) is 21.9 Å². The predicted octanol–water partition coefficient (Wildman–Crippen LogP) is 4.56. The Morgan fingerprint density at radius 1 is 1.32 bits per heavy atom. The van der Waals surface area contributed by atoms with E-state index < -0.39 is 15.4 Å². The molecule has 1 saturated carbocycles. The molecule has 1 atom stereocenters. The highest BCUT2D eigenvalue weighted by Gasteiger charge is 2.39. The van der Waals surface area contributed by atoms with Gasteiger partial charge in [0.2, 0.25) is 5.88 Å². The van der Waals surface area contributed by atoms with E-state index in [0.717, 1.165) is 10.9 Å². The van der Waals surface area contributed by atoms with Gasteiger partial charge in [-0.05, 0) is 35.9 Å². The molecule has 0 saturated heterocycles. The minimum atomic E-state index is -3.05. The average molecular weight is 424 g/mol. The van der Waals surface area contributed by atoms with Crippen molar-refractivity contribution in [3.63, 3.8) is 0 Å². The van der Waals surface area contributed by atoms with Gasteiger partial charge in [0.05, 0.1) is 16.2 Å². The third-order valence-corrected chi connectivity index (χ3v) is 7.89. The molecule has 10 heteroatoms. The maximum Gasteiger partial charge on any atom is 0.223 e. The Morgan fingerprint density at radius 3 is 2.64 bits per heavy atom. The van der Waals surface area contributed by atoms with Crippen LogP contribution >= 0.6 is 11.6 Å². The number of sulfone groups is 1. The van der Waals surface area contributed by atoms with Crippen LogP contribution in [0.5, 0.6) is 5.88 Å². The van der Waals surface area contributed by atoms with Crippen LogP contribution in [0, 0.1) is 0 Å². The standard InChI is InChI=1S/C18H22ClN5O3S/c1-4-18(3,23-24-20)15-10-22-17(14-9-21-16(19)8-13(14)15)27-11-6-12(7-11)28(25,26)5-2/h8-12H,4-7H2,1-3H3/t11-,12+,18?. The van der Waals surface area contributed by atoms with Crippen molar-refractivity contribution in [2.75, 3.05) is 5.75 Å². The fraction of sp³-hybridized carbons (Fsp3) is 0.556. The van der Waals surface area contributed by atoms with Crippen LogP contribution in [0.15, 0.2) is 23.6 Å². The summed E-state index contributed by atoms with van der Waals surface area (Å²) in [7, 11) is -3.05. The first kappa shape index (κ1) is 20.6. The number of pyridine rings is 2. The second-order valence-electron chi connectivity index (χ2n) is 7.13. The molecule has 8 nitrogen and oxygen atoms in total. The van der Waals surface area contributed by atoms with Crippen molar-refractivity contribution in [1.29, 1.82) is 0 Å². The van der Waals surface area contributed by atoms with Gasteiger partial charge in [-0.25, -0.2) is 18.4 Å². The van der Waals surface area contributed by atoms with Crippen LogP contribution in [0.25, 0.3) is 21.2 Å². The Balaban J connectivity index is 1.96. The number of ether oxygens (including phenoxy) is 1. The van der Waals surface area contributed by atoms with Crippen molar-refractivity contribution < 1.29 is 13.2 Å². The Bertz CT molecular complexity index is 1050. The van der Waals surface area contributed by atoms with Crippen molar-refractivity contribution in [1.82, 2.24) is 9.97 Å². The van der Waals surface area contributed by atoms with E-state index in [1.54, 1.807) is 25.4 Å². The van der Waals surface area contributed by atoms with Crippen LogP contribution in [0.4, 0.5) is 0 Å². The van der Waals surface area contributed by atoms with E-state index >= 15 is 0 Å². The van der Waals surface area contributed by atoms with Gasteiger partial charge in [0, 0.05) is 35.9 Å². The van der Waals surface area contributed by atoms with E-state index in [9.17, 15) is 8.42 Å². The number of halogens is 1. The maximum atomic E-state index is 11.9. The number of hydrogen-bond acceptors (Lipinski definition) is 6. The molecule has 3 rings (SSSR count). The van der Waals surface area contributed by atoms with Gasteiger partial charge in [0.25, 0.3) is 0 Å². The number of azide groups is 1. The molecule has 0 N–H and O–H groups in total. The zero-order chi connectivity index (χ0) is 20.5. The molecule has 1 fully saturated rings. The molecule has 2 aromatic rings. The molecule has 0 spiro atoms. The molecule has 1 aliphatic carbocycles. The van der Waals surface area contributed by atoms with Crippen LogP contribution in [0.1, 0.15) is 45.6 Å². The van der Waals surface area contributed by atoms with Gasteiger partial charge in [0.15, 0.2) is 9.84 Å². The molecule has 28 heavy (non-hydrogen) atoms. The first-order valence-corrected chi connectivity index (χ1v) is 11.2. The van der Waals surface area contributed by atoms with Crippen molar-refractivity contribution in [3.8, 4) is 5.88 Å². The molecule has 0 aromatic carbocycles. The minimum Gasteiger partial charge on any atom is -0.474 e. The smallest absolute Gasteiger partial charge is 0.223 e. The summed E-state index contributed by atoms with van der Waals surface area (Å²) in [5.74, 6) is 0.511. The molecule has 2 heterocycles. The van der Waals surface area contributed by atoms with Crippen molar-refractivity contribution in [3.05, 3.63) is 39.6 Å². The zero-order valence-corrected chi connectivity index (χ0v) is 17.5. The average Bonchev–Trinajstić information content (AvgIpc) is 2.63. The van der Waals surface area contributed by atoms with Gasteiger partial charge in [-0.15, -0.1) is 0 Å². The summed E-state index contributed by atoms with van der Waals surface area (Å²) in [6, 6.07) is 1.70. The summed E-state index contributed by atoms with van der Waals surface area (Å²) >= 11 is 6.10. The monoisotopic (exact) mass is 423 g/mol. The number of nitrogens with zero attached hydrogens (tertiary/aromatic N) is 5. The molecule has 1 unspecified atom stereocenters. The molecule has 0 aliphatic heterocycles. The molecule has 2 aromatic heterocycles. The molecule has 0 amide bonds. The van der Waals surface area contributed by atoms with Gasteiger partial charge < -0.3 is 4.74 Å². The van der Waals surface area contributed by atoms with Gasteiger partial charge in [0.1, 0.15) is 11.3 Å². The SMILES string of the molecule is CCC(C)(N=[N+]=[N-])c1cnc(O[C@H]2C[C@@H](S(=O)(=O)CC)C2)c2cnc(Cl)cc12. The highest BCUT2D eigenvalue weighted by Crippen LogP contribution is 2.39. The van der Waals surface area contributed by atoms with Gasteiger partial charge >= 0.3 is 0 Å². The predicted molar refractivity (Wildman–Crippen MR) is 108 cm³/mol. The van der Waals surface area contributed by atoms with Gasteiger partial charge in [-0.3, -0.25) is 0 Å². The summed E-state index contributed by atoms with van der Waals surface area (Å²) in [6.45, 7) is 5.42. The Kier molecular flexibility index (Phi) is 5.70. The largest absolute Gasteiger partial charge is 0.474 e. The molecule has 1 aliphatic rings. The summed E-state index contributed by atoms with van der Waals surface area (Å²) in [4.78, 5) is 11.5. The van der Waals surface area contributed by atoms with Gasteiger partial charge in [-0.2, -0.15) is 0 Å². The van der Waals surface area contributed by atoms with Crippen LogP contribution in [-0.2, 0) is 15.4 Å². The zero-order valence-electron chi connectivity index (χ0n) is 16.0. The number of fused-ring (bicyclic) bond motifs is 1. The van der Waals surface area contributed by atoms with E-state index in [0.29, 0.717) is 35.7 Å². The molecule has 150 valence electrons. The third kappa shape index (κ3) is 3.74. The lowest BCUT2D eigenvalue weighted by Crippen LogP contribution is -2.43. The van der Waals surface area contributed by atoms with E-state index in [1.807, 2.05) is 13.8 Å². The first-order chi connectivity index (χ1) is 13.2. The number of rotatable bonds is 7. The summed E-state index contributed by atoms with van der Waals surface area (Å²) in [5.41, 5.74) is 8.91. The minimum absolute atomic E-state index is 0.137. The summed E-state index contributed by atoms with van der Waals surface area (Å²) < 4.78 is 29.9. The van der Waals surface area contributed by atoms with E-state index in [-0.39, 0.29) is 17.1 Å². The lowest BCUT2D eigenvalue weighted by atomic mass is 9.88. The summed E-state index contributed by atoms with van der Waals surface area (Å²) in [6.07, 6.45) is 4.48. The highest BCUT2D eigenvalue weighted by molar-refractivity contribution is 7.92. The number of aromatic nitrogens is 2. The van der Waals surface area contributed by atoms with E-state index in [2.05, 4.69) is 20.0 Å². The van der Waals surface area contributed by atoms with Crippen LogP contribution in [-0.4, -0.2) is 35.5 Å². The Labute approximate surface area is 168 Å². The van der Waals surface area contributed by atoms with Crippen LogP contribution in [0.2, 0.25) is 5.15 Å². The summed E-state index contributed by atoms with van der Waals surface area (Å²) in [5, 5.41) is 5.31. The van der Waals surface area contributed by atoms with Crippen LogP contribution < -0.4 is 4.74 Å². The molecule has 0 bridgehead atoms. The number of hydrogen-bond donors (Lipinski definition) is 0. The second-order valence-corrected chi connectivity index (χ2v) is 10.1.